The van der Waals surface area contributed by atoms with Crippen molar-refractivity contribution < 1.29 is 32.3 Å². The minimum atomic E-state index is -5.08. The van der Waals surface area contributed by atoms with Gasteiger partial charge in [0.05, 0.1) is 17.3 Å². The summed E-state index contributed by atoms with van der Waals surface area (Å²) in [6.07, 6.45) is -3.46. The number of furan rings is 1. The van der Waals surface area contributed by atoms with Gasteiger partial charge in [0, 0.05) is 37.3 Å². The maximum absolute atomic E-state index is 13.4. The smallest absolute Gasteiger partial charge is 0.475 e. The minimum Gasteiger partial charge on any atom is -0.475 e. The Balaban J connectivity index is 0.000000384. The van der Waals surface area contributed by atoms with E-state index in [0.717, 1.165) is 24.0 Å². The predicted octanol–water partition coefficient (Wildman–Crippen LogP) is 5.09. The number of pyridine rings is 1. The molecule has 0 unspecified atom stereocenters. The molecule has 1 amide bonds. The van der Waals surface area contributed by atoms with Crippen molar-refractivity contribution in [1.29, 1.82) is 0 Å². The molecule has 0 radical (unpaired) electrons. The quantitative estimate of drug-likeness (QED) is 0.424. The van der Waals surface area contributed by atoms with Crippen molar-refractivity contribution in [2.75, 3.05) is 31.1 Å². The van der Waals surface area contributed by atoms with Gasteiger partial charge in [-0.25, -0.2) is 9.78 Å². The normalized spacial score (nSPS) is 13.8. The zero-order chi connectivity index (χ0) is 25.7. The van der Waals surface area contributed by atoms with E-state index >= 15 is 0 Å². The largest absolute Gasteiger partial charge is 0.490 e. The third-order valence-corrected chi connectivity index (χ3v) is 5.65. The molecule has 1 saturated heterocycles. The maximum Gasteiger partial charge on any atom is 0.490 e. The number of amides is 1. The van der Waals surface area contributed by atoms with E-state index < -0.39 is 12.1 Å². The van der Waals surface area contributed by atoms with Crippen LogP contribution in [-0.2, 0) is 4.79 Å². The number of halogens is 3. The second-order valence-electron chi connectivity index (χ2n) is 7.97. The molecule has 36 heavy (non-hydrogen) atoms. The highest BCUT2D eigenvalue weighted by atomic mass is 19.4. The zero-order valence-electron chi connectivity index (χ0n) is 19.0. The molecule has 1 fully saturated rings. The third kappa shape index (κ3) is 5.65. The highest BCUT2D eigenvalue weighted by molar-refractivity contribution is 6.07. The number of piperazine rings is 1. The van der Waals surface area contributed by atoms with Crippen LogP contribution in [0.5, 0.6) is 0 Å². The number of carbonyl (C=O) groups is 2. The molecule has 5 rings (SSSR count). The van der Waals surface area contributed by atoms with Crippen LogP contribution in [0.15, 0.2) is 83.5 Å². The van der Waals surface area contributed by atoms with Crippen molar-refractivity contribution in [2.45, 2.75) is 6.18 Å². The number of benzene rings is 2. The van der Waals surface area contributed by atoms with Crippen LogP contribution in [0, 0.1) is 0 Å². The average Bonchev–Trinajstić information content (AvgIpc) is 3.43. The number of para-hydroxylation sites is 2. The molecule has 2 aromatic heterocycles. The van der Waals surface area contributed by atoms with Crippen molar-refractivity contribution in [3.63, 3.8) is 0 Å². The lowest BCUT2D eigenvalue weighted by molar-refractivity contribution is -0.192. The summed E-state index contributed by atoms with van der Waals surface area (Å²) in [5.74, 6) is -2.05. The lowest BCUT2D eigenvalue weighted by Crippen LogP contribution is -2.48. The van der Waals surface area contributed by atoms with Gasteiger partial charge >= 0.3 is 12.1 Å². The average molecular weight is 497 g/mol. The Morgan fingerprint density at radius 3 is 2.14 bits per heavy atom. The summed E-state index contributed by atoms with van der Waals surface area (Å²) in [5.41, 5.74) is 3.36. The topological polar surface area (TPSA) is 86.9 Å². The zero-order valence-corrected chi connectivity index (χ0v) is 19.0. The molecular formula is C26H22F3N3O4. The van der Waals surface area contributed by atoms with E-state index in [2.05, 4.69) is 22.0 Å². The summed E-state index contributed by atoms with van der Waals surface area (Å²) >= 11 is 0. The minimum absolute atomic E-state index is 0.0455. The number of fused-ring (bicyclic) bond motifs is 1. The first kappa shape index (κ1) is 24.8. The van der Waals surface area contributed by atoms with Crippen molar-refractivity contribution in [2.24, 2.45) is 0 Å². The van der Waals surface area contributed by atoms with Crippen molar-refractivity contribution in [1.82, 2.24) is 9.88 Å². The summed E-state index contributed by atoms with van der Waals surface area (Å²) in [6.45, 7) is 3.04. The van der Waals surface area contributed by atoms with Gasteiger partial charge in [-0.05, 0) is 36.4 Å². The molecule has 1 aliphatic heterocycles. The Bertz CT molecular complexity index is 1330. The van der Waals surface area contributed by atoms with Crippen LogP contribution < -0.4 is 4.90 Å². The summed E-state index contributed by atoms with van der Waals surface area (Å²) in [5, 5.41) is 8.00. The molecule has 4 aromatic rings. The van der Waals surface area contributed by atoms with Gasteiger partial charge in [0.15, 0.2) is 5.76 Å². The Morgan fingerprint density at radius 2 is 1.53 bits per heavy atom. The van der Waals surface area contributed by atoms with Gasteiger partial charge in [0.1, 0.15) is 5.69 Å². The molecule has 0 atom stereocenters. The maximum atomic E-state index is 13.4. The molecule has 1 N–H and O–H groups in total. The van der Waals surface area contributed by atoms with Crippen LogP contribution in [0.1, 0.15) is 10.4 Å². The van der Waals surface area contributed by atoms with Crippen molar-refractivity contribution in [3.8, 4) is 11.5 Å². The van der Waals surface area contributed by atoms with Crippen LogP contribution in [0.3, 0.4) is 0 Å². The number of alkyl halides is 3. The second-order valence-corrected chi connectivity index (χ2v) is 7.97. The van der Waals surface area contributed by atoms with Gasteiger partial charge < -0.3 is 19.3 Å². The van der Waals surface area contributed by atoms with E-state index in [1.54, 1.807) is 6.26 Å². The van der Waals surface area contributed by atoms with Crippen LogP contribution in [0.25, 0.3) is 22.4 Å². The summed E-state index contributed by atoms with van der Waals surface area (Å²) in [6, 6.07) is 23.7. The van der Waals surface area contributed by atoms with E-state index in [-0.39, 0.29) is 5.91 Å². The lowest BCUT2D eigenvalue weighted by Gasteiger charge is -2.36. The summed E-state index contributed by atoms with van der Waals surface area (Å²) < 4.78 is 37.3. The number of aromatic nitrogens is 1. The van der Waals surface area contributed by atoms with E-state index in [4.69, 9.17) is 14.3 Å². The van der Waals surface area contributed by atoms with Gasteiger partial charge in [-0.3, -0.25) is 4.79 Å². The Hall–Kier alpha value is -4.34. The Morgan fingerprint density at radius 1 is 0.889 bits per heavy atom. The number of hydrogen-bond acceptors (Lipinski definition) is 5. The van der Waals surface area contributed by atoms with E-state index in [1.165, 1.54) is 5.69 Å². The Labute approximate surface area is 204 Å². The van der Waals surface area contributed by atoms with E-state index in [9.17, 15) is 18.0 Å². The SMILES string of the molecule is O=C(O)C(F)(F)F.O=C(c1cc(-c2ccco2)nc2ccccc12)N1CCN(c2ccccc2)CC1. The third-order valence-electron chi connectivity index (χ3n) is 5.65. The predicted molar refractivity (Wildman–Crippen MR) is 128 cm³/mol. The number of anilines is 1. The lowest BCUT2D eigenvalue weighted by atomic mass is 10.0. The standard InChI is InChI=1S/C24H21N3O2.C2HF3O2/c28-24(27-14-12-26(13-15-27)18-7-2-1-3-8-18)20-17-22(23-11-6-16-29-23)25-21-10-5-4-9-19(20)21;3-2(4,5)1(6)7/h1-11,16-17H,12-15H2;(H,6,7). The monoisotopic (exact) mass is 497 g/mol. The van der Waals surface area contributed by atoms with E-state index in [0.29, 0.717) is 30.1 Å². The molecule has 1 aliphatic rings. The van der Waals surface area contributed by atoms with Gasteiger partial charge in [-0.2, -0.15) is 13.2 Å². The van der Waals surface area contributed by atoms with Crippen LogP contribution in [-0.4, -0.2) is 59.2 Å². The first-order valence-corrected chi connectivity index (χ1v) is 11.1. The fraction of sp³-hybridized carbons (Fsp3) is 0.192. The van der Waals surface area contributed by atoms with Gasteiger partial charge in [0.2, 0.25) is 0 Å². The fourth-order valence-electron chi connectivity index (χ4n) is 3.88. The first-order chi connectivity index (χ1) is 17.2. The first-order valence-electron chi connectivity index (χ1n) is 11.1. The number of rotatable bonds is 3. The molecule has 0 bridgehead atoms. The van der Waals surface area contributed by atoms with E-state index in [1.807, 2.05) is 65.6 Å². The molecule has 10 heteroatoms. The number of carboxylic acid groups (broad SMARTS) is 1. The van der Waals surface area contributed by atoms with Crippen molar-refractivity contribution >= 4 is 28.5 Å². The molecule has 7 nitrogen and oxygen atoms in total. The molecule has 3 heterocycles. The van der Waals surface area contributed by atoms with Crippen LogP contribution in [0.4, 0.5) is 18.9 Å². The van der Waals surface area contributed by atoms with Crippen molar-refractivity contribution in [3.05, 3.63) is 84.6 Å². The number of aliphatic carboxylic acids is 1. The molecule has 0 saturated carbocycles. The second kappa shape index (κ2) is 10.5. The van der Waals surface area contributed by atoms with Gasteiger partial charge in [0.25, 0.3) is 5.91 Å². The highest BCUT2D eigenvalue weighted by Gasteiger charge is 2.38. The Kier molecular flexibility index (Phi) is 7.23. The van der Waals surface area contributed by atoms with Crippen LogP contribution in [0.2, 0.25) is 0 Å². The number of nitrogens with zero attached hydrogens (tertiary/aromatic N) is 3. The number of carboxylic acids is 1. The molecule has 0 spiro atoms. The molecule has 2 aromatic carbocycles. The molecular weight excluding hydrogens is 475 g/mol. The van der Waals surface area contributed by atoms with Crippen LogP contribution >= 0.6 is 0 Å². The molecule has 0 aliphatic carbocycles. The van der Waals surface area contributed by atoms with Gasteiger partial charge in [-0.1, -0.05) is 36.4 Å². The molecule has 186 valence electrons. The summed E-state index contributed by atoms with van der Waals surface area (Å²) in [4.78, 5) is 31.3. The fourth-order valence-corrected chi connectivity index (χ4v) is 3.88. The highest BCUT2D eigenvalue weighted by Crippen LogP contribution is 2.27. The number of hydrogen-bond donors (Lipinski definition) is 1. The van der Waals surface area contributed by atoms with Gasteiger partial charge in [-0.15, -0.1) is 0 Å². The summed E-state index contributed by atoms with van der Waals surface area (Å²) in [7, 11) is 0. The number of carbonyl (C=O) groups excluding carboxylic acids is 1.